The number of hydrogen-bond acceptors (Lipinski definition) is 15. The number of para-hydroxylation sites is 1. The fourth-order valence-corrected chi connectivity index (χ4v) is 10.5. The van der Waals surface area contributed by atoms with E-state index in [4.69, 9.17) is 21.4 Å². The predicted octanol–water partition coefficient (Wildman–Crippen LogP) is -0.805. The Labute approximate surface area is 539 Å². The molecule has 10 amide bonds. The maximum atomic E-state index is 14.7. The van der Waals surface area contributed by atoms with Gasteiger partial charge in [-0.05, 0) is 93.0 Å². The average Bonchev–Trinajstić information content (AvgIpc) is 2.61. The van der Waals surface area contributed by atoms with Gasteiger partial charge in [0.1, 0.15) is 60.1 Å². The normalized spacial score (nSPS) is 16.7. The predicted molar refractivity (Wildman–Crippen MR) is 334 cm³/mol. The number of alkyl halides is 3. The number of aromatic hydroxyl groups is 1. The van der Waals surface area contributed by atoms with Crippen molar-refractivity contribution < 1.29 is 81.2 Å². The lowest BCUT2D eigenvalue weighted by atomic mass is 9.98. The number of imidazole rings is 1. The summed E-state index contributed by atoms with van der Waals surface area (Å²) >= 11 is 0. The van der Waals surface area contributed by atoms with Crippen molar-refractivity contribution in [2.45, 2.75) is 166 Å². The summed E-state index contributed by atoms with van der Waals surface area (Å²) in [5, 5.41) is 53.0. The van der Waals surface area contributed by atoms with E-state index in [0.29, 0.717) is 41.6 Å². The molecule has 2 aliphatic rings. The number of aliphatic imine (C=N–C) groups is 1. The molecule has 18 N–H and O–H groups in total. The third-order valence-electron chi connectivity index (χ3n) is 15.2. The van der Waals surface area contributed by atoms with Crippen LogP contribution in [0.4, 0.5) is 13.2 Å². The topological polar surface area (TPSA) is 469 Å². The summed E-state index contributed by atoms with van der Waals surface area (Å²) in [6.07, 6.45) is 0.721. The molecule has 0 radical (unpaired) electrons. The Bertz CT molecular complexity index is 3290. The zero-order chi connectivity index (χ0) is 69.4. The fraction of sp³-hybridized carbons (Fsp3) is 0.525. The van der Waals surface area contributed by atoms with Gasteiger partial charge in [0.2, 0.25) is 59.1 Å². The van der Waals surface area contributed by atoms with Crippen LogP contribution in [0.3, 0.4) is 0 Å². The maximum absolute atomic E-state index is 14.7. The largest absolute Gasteiger partial charge is 0.508 e. The first kappa shape index (κ1) is 74.9. The van der Waals surface area contributed by atoms with Crippen LogP contribution in [0.2, 0.25) is 0 Å². The number of fused-ring (bicyclic) bond motifs is 1. The Morgan fingerprint density at radius 3 is 1.79 bits per heavy atom. The number of carboxylic acid groups (broad SMARTS) is 1. The van der Waals surface area contributed by atoms with E-state index in [0.717, 1.165) is 5.52 Å². The molecule has 2 fully saturated rings. The number of aliphatic hydroxyl groups excluding tert-OH is 1. The SMILES string of the molecule is CCNC(=O)[C@@H]1CCCN1C(=O)[C@H](CCCN=C(N)N)NC(=O)[C@H](CC(C)C)NC(=O)[C@@H](CC(C)C)NC(=O)[C@H](Cc1ccc(O)cc1)NC(=O)[C@H](CO)NC(=O)[C@H](Cc1c[nH]c2ccccc12)NC(=O)[C@H](Cc1cnc[nH]1)NC(=O)[C@@H]1CCC(=O)N1.O=C(O)C(F)(F)F. The number of aromatic nitrogens is 3. The van der Waals surface area contributed by atoms with Gasteiger partial charge in [0, 0.05) is 74.3 Å². The highest BCUT2D eigenvalue weighted by Gasteiger charge is 2.41. The third kappa shape index (κ3) is 23.4. The van der Waals surface area contributed by atoms with Gasteiger partial charge in [-0.3, -0.25) is 52.9 Å². The molecule has 9 atom stereocenters. The number of nitrogens with two attached hydrogens (primary N) is 2. The number of benzene rings is 2. The number of phenols is 1. The molecule has 94 heavy (non-hydrogen) atoms. The summed E-state index contributed by atoms with van der Waals surface area (Å²) in [4.78, 5) is 164. The first-order valence-electron chi connectivity index (χ1n) is 30.7. The number of halogens is 3. The van der Waals surface area contributed by atoms with Gasteiger partial charge in [-0.15, -0.1) is 0 Å². The molecule has 2 aromatic heterocycles. The Hall–Kier alpha value is -9.82. The molecular weight excluding hydrogens is 1240 g/mol. The highest BCUT2D eigenvalue weighted by molar-refractivity contribution is 5.99. The van der Waals surface area contributed by atoms with Crippen molar-refractivity contribution in [3.8, 4) is 5.75 Å². The van der Waals surface area contributed by atoms with Crippen LogP contribution in [0.15, 0.2) is 72.2 Å². The number of nitrogens with zero attached hydrogens (tertiary/aromatic N) is 3. The van der Waals surface area contributed by atoms with E-state index >= 15 is 0 Å². The van der Waals surface area contributed by atoms with Crippen LogP contribution < -0.4 is 59.3 Å². The maximum Gasteiger partial charge on any atom is 0.490 e. The minimum absolute atomic E-state index is 0.0397. The number of H-pyrrole nitrogens is 2. The van der Waals surface area contributed by atoms with Crippen molar-refractivity contribution in [3.05, 3.63) is 84.1 Å². The van der Waals surface area contributed by atoms with Gasteiger partial charge < -0.3 is 89.5 Å². The number of guanidine groups is 1. The molecule has 0 spiro atoms. The van der Waals surface area contributed by atoms with Crippen LogP contribution in [0.25, 0.3) is 10.9 Å². The summed E-state index contributed by atoms with van der Waals surface area (Å²) in [5.74, 6) is -10.3. The van der Waals surface area contributed by atoms with Crippen molar-refractivity contribution in [1.29, 1.82) is 0 Å². The quantitative estimate of drug-likeness (QED) is 0.0162. The summed E-state index contributed by atoms with van der Waals surface area (Å²) in [7, 11) is 0. The summed E-state index contributed by atoms with van der Waals surface area (Å²) in [6, 6.07) is 1.58. The molecule has 2 aliphatic heterocycles. The smallest absolute Gasteiger partial charge is 0.490 e. The molecule has 4 aromatic rings. The second kappa shape index (κ2) is 35.8. The molecule has 0 unspecified atom stereocenters. The Kier molecular flexibility index (Phi) is 28.6. The van der Waals surface area contributed by atoms with E-state index in [2.05, 4.69) is 67.8 Å². The van der Waals surface area contributed by atoms with E-state index in [1.54, 1.807) is 45.2 Å². The molecule has 514 valence electrons. The van der Waals surface area contributed by atoms with Gasteiger partial charge in [-0.1, -0.05) is 58.0 Å². The Morgan fingerprint density at radius 1 is 0.713 bits per heavy atom. The number of amides is 10. The molecule has 0 bridgehead atoms. The van der Waals surface area contributed by atoms with Crippen LogP contribution >= 0.6 is 0 Å². The minimum Gasteiger partial charge on any atom is -0.508 e. The van der Waals surface area contributed by atoms with Gasteiger partial charge in [0.05, 0.1) is 12.9 Å². The second-order valence-corrected chi connectivity index (χ2v) is 23.6. The Balaban J connectivity index is 0.00000216. The van der Waals surface area contributed by atoms with Crippen molar-refractivity contribution in [2.75, 3.05) is 26.2 Å². The van der Waals surface area contributed by atoms with Gasteiger partial charge in [0.15, 0.2) is 5.96 Å². The lowest BCUT2D eigenvalue weighted by Gasteiger charge is -2.31. The van der Waals surface area contributed by atoms with Crippen LogP contribution in [0, 0.1) is 11.8 Å². The number of carbonyl (C=O) groups excluding carboxylic acids is 10. The van der Waals surface area contributed by atoms with Crippen molar-refractivity contribution in [2.24, 2.45) is 28.3 Å². The molecule has 2 saturated heterocycles. The van der Waals surface area contributed by atoms with Gasteiger partial charge in [-0.2, -0.15) is 13.2 Å². The first-order valence-corrected chi connectivity index (χ1v) is 30.7. The van der Waals surface area contributed by atoms with Crippen molar-refractivity contribution in [1.82, 2.24) is 67.7 Å². The molecule has 33 heteroatoms. The molecular formula is C61H85F3N16O14. The molecule has 0 aliphatic carbocycles. The number of hydrogen-bond donors (Lipinski definition) is 16. The number of carboxylic acids is 1. The van der Waals surface area contributed by atoms with E-state index in [1.165, 1.54) is 41.7 Å². The number of likely N-dealkylation sites (tertiary alicyclic amines) is 1. The second-order valence-electron chi connectivity index (χ2n) is 23.6. The van der Waals surface area contributed by atoms with E-state index in [1.807, 2.05) is 19.9 Å². The summed E-state index contributed by atoms with van der Waals surface area (Å²) < 4.78 is 31.7. The number of aliphatic carboxylic acids is 1. The molecule has 6 rings (SSSR count). The van der Waals surface area contributed by atoms with Crippen molar-refractivity contribution >= 4 is 81.9 Å². The molecule has 30 nitrogen and oxygen atoms in total. The van der Waals surface area contributed by atoms with Gasteiger partial charge >= 0.3 is 12.1 Å². The lowest BCUT2D eigenvalue weighted by Crippen LogP contribution is -2.61. The third-order valence-corrected chi connectivity index (χ3v) is 15.2. The fourth-order valence-electron chi connectivity index (χ4n) is 10.5. The lowest BCUT2D eigenvalue weighted by molar-refractivity contribution is -0.192. The van der Waals surface area contributed by atoms with E-state index < -0.39 is 120 Å². The minimum atomic E-state index is -5.08. The van der Waals surface area contributed by atoms with Gasteiger partial charge in [0.25, 0.3) is 0 Å². The number of rotatable bonds is 32. The zero-order valence-electron chi connectivity index (χ0n) is 52.8. The molecule has 0 saturated carbocycles. The Morgan fingerprint density at radius 2 is 1.26 bits per heavy atom. The number of carbonyl (C=O) groups is 11. The molecule has 4 heterocycles. The van der Waals surface area contributed by atoms with Crippen LogP contribution in [0.1, 0.15) is 103 Å². The van der Waals surface area contributed by atoms with E-state index in [9.17, 15) is 71.3 Å². The first-order chi connectivity index (χ1) is 44.5. The van der Waals surface area contributed by atoms with E-state index in [-0.39, 0.29) is 106 Å². The highest BCUT2D eigenvalue weighted by atomic mass is 19.4. The van der Waals surface area contributed by atoms with Crippen LogP contribution in [-0.2, 0) is 72.0 Å². The average molecular weight is 1320 g/mol. The number of aromatic amines is 2. The zero-order valence-corrected chi connectivity index (χ0v) is 52.8. The van der Waals surface area contributed by atoms with Crippen LogP contribution in [-0.4, -0.2) is 193 Å². The van der Waals surface area contributed by atoms with Crippen LogP contribution in [0.5, 0.6) is 5.75 Å². The number of likely N-dealkylation sites (N-methyl/N-ethyl adjacent to an activating group) is 1. The highest BCUT2D eigenvalue weighted by Crippen LogP contribution is 2.23. The number of nitrogens with one attached hydrogen (secondary N) is 11. The van der Waals surface area contributed by atoms with Gasteiger partial charge in [-0.25, -0.2) is 9.78 Å². The monoisotopic (exact) mass is 1320 g/mol. The summed E-state index contributed by atoms with van der Waals surface area (Å²) in [5.41, 5.74) is 13.3. The number of aliphatic hydroxyl groups is 1. The summed E-state index contributed by atoms with van der Waals surface area (Å²) in [6.45, 7) is 8.82. The number of phenolic OH excluding ortho intramolecular Hbond substituents is 1. The molecule has 2 aromatic carbocycles. The standard InChI is InChI=1S/C59H84N16O12.C2HF3O2/c1-6-63-57(86)48-14-10-22-75(48)58(87)41(13-9-21-64-59(60)61)68-51(80)42(23-32(2)3)69-52(81)43(24-33(4)5)70-53(82)44(25-34-15-17-37(77)18-16-34)71-56(85)47(30-76)74-54(83)45(26-35-28-65-39-12-8-7-11-38(35)39)72-55(84)46(27-36-29-62-31-66-36)73-50(79)40-19-20-49(78)67-40;3-2(4,5)1(6)7/h7-8,11-12,15-18,28-29,31-33,40-48,65,76-77H,6,9-10,13-14,19-27,30H2,1-5H3,(H,62,66)(H,63,86)(H,67,78)(H,68,80)(H,69,81)(H,70,82)(H,71,85)(H,72,84)(H,73,79)(H,74,83)(H4,60,61,64);(H,6,7)/t40-,41-,42-,43+,44-,45-,46-,47-,48-;/m0./s1. The van der Waals surface area contributed by atoms with Crippen molar-refractivity contribution in [3.63, 3.8) is 0 Å².